The van der Waals surface area contributed by atoms with Crippen LogP contribution in [0.1, 0.15) is 21.5 Å². The van der Waals surface area contributed by atoms with E-state index in [1.165, 1.54) is 18.2 Å². The first-order valence-corrected chi connectivity index (χ1v) is 9.23. The molecule has 0 bridgehead atoms. The third-order valence-corrected chi connectivity index (χ3v) is 3.90. The number of hydrogen-bond acceptors (Lipinski definition) is 3. The Morgan fingerprint density at radius 3 is 1.86 bits per heavy atom. The summed E-state index contributed by atoms with van der Waals surface area (Å²) in [6.07, 6.45) is -9.34. The molecular weight excluding hydrogens is 414 g/mol. The number of anilines is 2. The molecule has 0 fully saturated rings. The predicted octanol–water partition coefficient (Wildman–Crippen LogP) is 4.35. The maximum atomic E-state index is 12.9. The molecule has 0 unspecified atom stereocenters. The molecule has 0 atom stereocenters. The fourth-order valence-electron chi connectivity index (χ4n) is 2.20. The number of hydrogen-bond donors (Lipinski definition) is 2. The van der Waals surface area contributed by atoms with E-state index in [0.717, 1.165) is 12.3 Å². The van der Waals surface area contributed by atoms with Crippen LogP contribution < -0.4 is 10.0 Å². The molecule has 1 amide bonds. The van der Waals surface area contributed by atoms with Gasteiger partial charge in [-0.05, 0) is 30.3 Å². The van der Waals surface area contributed by atoms with Gasteiger partial charge in [0.2, 0.25) is 10.0 Å². The zero-order valence-electron chi connectivity index (χ0n) is 13.9. The Balaban J connectivity index is 2.45. The van der Waals surface area contributed by atoms with Crippen molar-refractivity contribution >= 4 is 27.3 Å². The van der Waals surface area contributed by atoms with Crippen LogP contribution in [0, 0.1) is 0 Å². The molecule has 0 radical (unpaired) electrons. The number of para-hydroxylation sites is 1. The van der Waals surface area contributed by atoms with Gasteiger partial charge in [0.1, 0.15) is 0 Å². The smallest absolute Gasteiger partial charge is 0.322 e. The first-order chi connectivity index (χ1) is 12.7. The number of amides is 1. The summed E-state index contributed by atoms with van der Waals surface area (Å²) in [5.74, 6) is -1.10. The minimum absolute atomic E-state index is 0.0746. The molecule has 0 saturated carbocycles. The van der Waals surface area contributed by atoms with Crippen LogP contribution in [0.15, 0.2) is 42.5 Å². The van der Waals surface area contributed by atoms with Crippen LogP contribution >= 0.6 is 0 Å². The molecule has 0 spiro atoms. The molecule has 0 saturated heterocycles. The van der Waals surface area contributed by atoms with Gasteiger partial charge in [-0.3, -0.25) is 9.52 Å². The Bertz CT molecular complexity index is 968. The number of nitrogens with one attached hydrogen (secondary N) is 2. The second-order valence-electron chi connectivity index (χ2n) is 5.67. The van der Waals surface area contributed by atoms with Gasteiger partial charge in [-0.1, -0.05) is 12.1 Å². The molecule has 5 nitrogen and oxygen atoms in total. The van der Waals surface area contributed by atoms with Crippen molar-refractivity contribution in [3.8, 4) is 0 Å². The molecule has 0 heterocycles. The minimum Gasteiger partial charge on any atom is -0.322 e. The molecule has 2 N–H and O–H groups in total. The SMILES string of the molecule is CS(=O)(=O)Nc1ccccc1C(=O)Nc1cc(C(F)(F)F)cc(C(F)(F)F)c1. The average molecular weight is 426 g/mol. The van der Waals surface area contributed by atoms with E-state index < -0.39 is 45.1 Å². The van der Waals surface area contributed by atoms with Crippen molar-refractivity contribution in [2.45, 2.75) is 12.4 Å². The highest BCUT2D eigenvalue weighted by atomic mass is 32.2. The summed E-state index contributed by atoms with van der Waals surface area (Å²) in [5.41, 5.74) is -4.42. The molecule has 28 heavy (non-hydrogen) atoms. The monoisotopic (exact) mass is 426 g/mol. The molecule has 152 valence electrons. The summed E-state index contributed by atoms with van der Waals surface area (Å²) < 4.78 is 102. The first kappa shape index (κ1) is 21.5. The lowest BCUT2D eigenvalue weighted by Crippen LogP contribution is -2.18. The van der Waals surface area contributed by atoms with Gasteiger partial charge in [-0.2, -0.15) is 26.3 Å². The van der Waals surface area contributed by atoms with E-state index in [-0.39, 0.29) is 17.3 Å². The average Bonchev–Trinajstić information content (AvgIpc) is 2.51. The topological polar surface area (TPSA) is 75.3 Å². The van der Waals surface area contributed by atoms with E-state index in [1.54, 1.807) is 0 Å². The van der Waals surface area contributed by atoms with Crippen molar-refractivity contribution in [2.24, 2.45) is 0 Å². The van der Waals surface area contributed by atoms with Gasteiger partial charge >= 0.3 is 12.4 Å². The largest absolute Gasteiger partial charge is 0.416 e. The summed E-state index contributed by atoms with van der Waals surface area (Å²) in [5, 5.41) is 1.94. The van der Waals surface area contributed by atoms with Crippen molar-refractivity contribution in [2.75, 3.05) is 16.3 Å². The Hall–Kier alpha value is -2.76. The van der Waals surface area contributed by atoms with E-state index in [1.807, 2.05) is 10.0 Å². The third kappa shape index (κ3) is 5.62. The zero-order valence-corrected chi connectivity index (χ0v) is 14.8. The quantitative estimate of drug-likeness (QED) is 0.714. The van der Waals surface area contributed by atoms with Crippen LogP contribution in [0.25, 0.3) is 0 Å². The Morgan fingerprint density at radius 2 is 1.39 bits per heavy atom. The van der Waals surface area contributed by atoms with Crippen molar-refractivity contribution in [3.05, 3.63) is 59.2 Å². The maximum absolute atomic E-state index is 12.9. The highest BCUT2D eigenvalue weighted by Crippen LogP contribution is 2.37. The molecule has 0 aliphatic rings. The van der Waals surface area contributed by atoms with Crippen LogP contribution in [0.5, 0.6) is 0 Å². The lowest BCUT2D eigenvalue weighted by molar-refractivity contribution is -0.143. The molecule has 2 aromatic rings. The Labute approximate surface area is 155 Å². The summed E-state index contributed by atoms with van der Waals surface area (Å²) in [6, 6.07) is 5.71. The fraction of sp³-hybridized carbons (Fsp3) is 0.188. The van der Waals surface area contributed by atoms with Crippen LogP contribution in [0.3, 0.4) is 0 Å². The number of carbonyl (C=O) groups excluding carboxylic acids is 1. The number of alkyl halides is 6. The van der Waals surface area contributed by atoms with Crippen LogP contribution in [0.2, 0.25) is 0 Å². The second kappa shape index (κ2) is 7.34. The Kier molecular flexibility index (Phi) is 5.64. The summed E-state index contributed by atoms with van der Waals surface area (Å²) in [4.78, 5) is 12.3. The number of rotatable bonds is 4. The van der Waals surface area contributed by atoms with Gasteiger partial charge in [0.25, 0.3) is 5.91 Å². The highest BCUT2D eigenvalue weighted by Gasteiger charge is 2.37. The minimum atomic E-state index is -5.07. The normalized spacial score (nSPS) is 12.5. The summed E-state index contributed by atoms with van der Waals surface area (Å²) in [6.45, 7) is 0. The van der Waals surface area contributed by atoms with E-state index in [9.17, 15) is 39.6 Å². The van der Waals surface area contributed by atoms with Gasteiger partial charge in [0.05, 0.1) is 28.6 Å². The molecule has 12 heteroatoms. The standard InChI is InChI=1S/C16H12F6N2O3S/c1-28(26,27)24-13-5-3-2-4-12(13)14(25)23-11-7-9(15(17,18)19)6-10(8-11)16(20,21)22/h2-8,24H,1H3,(H,23,25). The van der Waals surface area contributed by atoms with E-state index >= 15 is 0 Å². The van der Waals surface area contributed by atoms with Gasteiger partial charge < -0.3 is 5.32 Å². The Morgan fingerprint density at radius 1 is 0.893 bits per heavy atom. The van der Waals surface area contributed by atoms with E-state index in [4.69, 9.17) is 0 Å². The fourth-order valence-corrected chi connectivity index (χ4v) is 2.77. The molecule has 0 aromatic heterocycles. The van der Waals surface area contributed by atoms with Crippen molar-refractivity contribution in [1.82, 2.24) is 0 Å². The third-order valence-electron chi connectivity index (χ3n) is 3.31. The molecule has 2 rings (SSSR count). The van der Waals surface area contributed by atoms with Crippen LogP contribution in [-0.2, 0) is 22.4 Å². The second-order valence-corrected chi connectivity index (χ2v) is 7.42. The van der Waals surface area contributed by atoms with Gasteiger partial charge in [0, 0.05) is 5.69 Å². The summed E-state index contributed by atoms with van der Waals surface area (Å²) >= 11 is 0. The van der Waals surface area contributed by atoms with E-state index in [2.05, 4.69) is 0 Å². The van der Waals surface area contributed by atoms with Crippen molar-refractivity contribution in [1.29, 1.82) is 0 Å². The lowest BCUT2D eigenvalue weighted by Gasteiger charge is -2.15. The van der Waals surface area contributed by atoms with Crippen molar-refractivity contribution < 1.29 is 39.6 Å². The lowest BCUT2D eigenvalue weighted by atomic mass is 10.1. The number of halogens is 6. The summed E-state index contributed by atoms with van der Waals surface area (Å²) in [7, 11) is -3.79. The van der Waals surface area contributed by atoms with Gasteiger partial charge in [0.15, 0.2) is 0 Å². The van der Waals surface area contributed by atoms with Crippen LogP contribution in [-0.4, -0.2) is 20.6 Å². The number of sulfonamides is 1. The van der Waals surface area contributed by atoms with E-state index in [0.29, 0.717) is 12.1 Å². The van der Waals surface area contributed by atoms with Gasteiger partial charge in [-0.25, -0.2) is 8.42 Å². The molecule has 0 aliphatic carbocycles. The first-order valence-electron chi connectivity index (χ1n) is 7.34. The van der Waals surface area contributed by atoms with Gasteiger partial charge in [-0.15, -0.1) is 0 Å². The number of carbonyl (C=O) groups is 1. The molecular formula is C16H12F6N2O3S. The molecule has 0 aliphatic heterocycles. The van der Waals surface area contributed by atoms with Crippen LogP contribution in [0.4, 0.5) is 37.7 Å². The highest BCUT2D eigenvalue weighted by molar-refractivity contribution is 7.92. The zero-order chi connectivity index (χ0) is 21.3. The number of benzene rings is 2. The maximum Gasteiger partial charge on any atom is 0.416 e. The van der Waals surface area contributed by atoms with Crippen molar-refractivity contribution in [3.63, 3.8) is 0 Å². The predicted molar refractivity (Wildman–Crippen MR) is 89.3 cm³/mol. The molecule has 2 aromatic carbocycles.